The van der Waals surface area contributed by atoms with Gasteiger partial charge in [0.1, 0.15) is 5.75 Å². The standard InChI is InChI=1S/C30H32N2O2/c31-29(33)30(23-7-3-1-4-8-23,24-9-5-2-6-10-24)18-25-26-19-32(20-27(25)26)15-13-21-11-12-28-22(17-21)14-16-34-28/h1-12,17,25-27H,13-16,18-20H2,(H2,31,33). The van der Waals surface area contributed by atoms with Gasteiger partial charge in [0.25, 0.3) is 0 Å². The second-order valence-electron chi connectivity index (χ2n) is 10.2. The second kappa shape index (κ2) is 8.59. The highest BCUT2D eigenvalue weighted by Crippen LogP contribution is 2.57. The summed E-state index contributed by atoms with van der Waals surface area (Å²) in [4.78, 5) is 15.7. The molecule has 0 aromatic heterocycles. The van der Waals surface area contributed by atoms with E-state index >= 15 is 0 Å². The van der Waals surface area contributed by atoms with E-state index < -0.39 is 5.41 Å². The first-order valence-electron chi connectivity index (χ1n) is 12.5. The Kier molecular flexibility index (Phi) is 5.41. The maximum absolute atomic E-state index is 13.1. The van der Waals surface area contributed by atoms with Gasteiger partial charge in [0, 0.05) is 26.1 Å². The first-order chi connectivity index (χ1) is 16.6. The number of amides is 1. The fourth-order valence-electron chi connectivity index (χ4n) is 6.49. The molecule has 0 spiro atoms. The minimum absolute atomic E-state index is 0.243. The molecule has 34 heavy (non-hydrogen) atoms. The van der Waals surface area contributed by atoms with Crippen molar-refractivity contribution in [2.45, 2.75) is 24.7 Å². The average molecular weight is 453 g/mol. The number of carbonyl (C=O) groups excluding carboxylic acids is 1. The van der Waals surface area contributed by atoms with E-state index in [0.29, 0.717) is 17.8 Å². The zero-order chi connectivity index (χ0) is 23.1. The van der Waals surface area contributed by atoms with E-state index in [1.54, 1.807) is 0 Å². The van der Waals surface area contributed by atoms with E-state index in [1.807, 2.05) is 36.4 Å². The highest BCUT2D eigenvalue weighted by atomic mass is 16.5. The Morgan fingerprint density at radius 3 is 2.21 bits per heavy atom. The monoisotopic (exact) mass is 452 g/mol. The maximum Gasteiger partial charge on any atom is 0.232 e. The Bertz CT molecular complexity index is 1130. The largest absolute Gasteiger partial charge is 0.493 e. The van der Waals surface area contributed by atoms with Gasteiger partial charge < -0.3 is 15.4 Å². The number of nitrogens with zero attached hydrogens (tertiary/aromatic N) is 1. The Morgan fingerprint density at radius 1 is 0.941 bits per heavy atom. The number of likely N-dealkylation sites (tertiary alicyclic amines) is 1. The van der Waals surface area contributed by atoms with Crippen LogP contribution >= 0.6 is 0 Å². The predicted octanol–water partition coefficient (Wildman–Crippen LogP) is 4.20. The Balaban J connectivity index is 1.14. The summed E-state index contributed by atoms with van der Waals surface area (Å²) in [6.45, 7) is 4.16. The molecule has 3 aliphatic rings. The lowest BCUT2D eigenvalue weighted by Crippen LogP contribution is -2.43. The maximum atomic E-state index is 13.1. The normalized spacial score (nSPS) is 23.2. The van der Waals surface area contributed by atoms with Crippen molar-refractivity contribution in [1.29, 1.82) is 0 Å². The molecule has 2 N–H and O–H groups in total. The first-order valence-corrected chi connectivity index (χ1v) is 12.5. The molecule has 3 aromatic rings. The Hall–Kier alpha value is -3.11. The third-order valence-electron chi connectivity index (χ3n) is 8.41. The first kappa shape index (κ1) is 21.4. The SMILES string of the molecule is NC(=O)C(CC1C2CN(CCc3ccc4c(c3)CCO4)CC21)(c1ccccc1)c1ccccc1. The summed E-state index contributed by atoms with van der Waals surface area (Å²) >= 11 is 0. The number of hydrogen-bond acceptors (Lipinski definition) is 3. The third-order valence-corrected chi connectivity index (χ3v) is 8.41. The van der Waals surface area contributed by atoms with Gasteiger partial charge in [0.05, 0.1) is 12.0 Å². The Morgan fingerprint density at radius 2 is 1.59 bits per heavy atom. The van der Waals surface area contributed by atoms with E-state index in [0.717, 1.165) is 62.4 Å². The minimum atomic E-state index is -0.769. The van der Waals surface area contributed by atoms with Gasteiger partial charge in [0.15, 0.2) is 0 Å². The predicted molar refractivity (Wildman–Crippen MR) is 134 cm³/mol. The summed E-state index contributed by atoms with van der Waals surface area (Å²) < 4.78 is 5.64. The molecule has 174 valence electrons. The molecule has 1 saturated heterocycles. The highest BCUT2D eigenvalue weighted by Gasteiger charge is 2.59. The van der Waals surface area contributed by atoms with E-state index in [2.05, 4.69) is 47.4 Å². The lowest BCUT2D eigenvalue weighted by atomic mass is 9.69. The number of piperidine rings is 1. The van der Waals surface area contributed by atoms with Crippen LogP contribution in [0.3, 0.4) is 0 Å². The van der Waals surface area contributed by atoms with Gasteiger partial charge in [-0.3, -0.25) is 4.79 Å². The van der Waals surface area contributed by atoms with Crippen LogP contribution < -0.4 is 10.5 Å². The second-order valence-corrected chi connectivity index (χ2v) is 10.2. The zero-order valence-electron chi connectivity index (χ0n) is 19.5. The van der Waals surface area contributed by atoms with E-state index in [1.165, 1.54) is 11.1 Å². The molecule has 0 radical (unpaired) electrons. The summed E-state index contributed by atoms with van der Waals surface area (Å²) in [5.74, 6) is 2.69. The van der Waals surface area contributed by atoms with Crippen LogP contribution in [0, 0.1) is 17.8 Å². The summed E-state index contributed by atoms with van der Waals surface area (Å²) in [5, 5.41) is 0. The molecule has 3 aromatic carbocycles. The van der Waals surface area contributed by atoms with Gasteiger partial charge in [-0.15, -0.1) is 0 Å². The van der Waals surface area contributed by atoms with Crippen molar-refractivity contribution in [1.82, 2.24) is 4.90 Å². The molecule has 4 heteroatoms. The number of primary amides is 1. The van der Waals surface area contributed by atoms with Crippen molar-refractivity contribution in [3.05, 3.63) is 101 Å². The molecule has 2 aliphatic heterocycles. The molecule has 1 aliphatic carbocycles. The minimum Gasteiger partial charge on any atom is -0.493 e. The lowest BCUT2D eigenvalue weighted by molar-refractivity contribution is -0.122. The van der Waals surface area contributed by atoms with E-state index in [9.17, 15) is 4.79 Å². The fraction of sp³-hybridized carbons (Fsp3) is 0.367. The van der Waals surface area contributed by atoms with Crippen molar-refractivity contribution >= 4 is 5.91 Å². The topological polar surface area (TPSA) is 55.6 Å². The van der Waals surface area contributed by atoms with Crippen molar-refractivity contribution in [2.75, 3.05) is 26.2 Å². The zero-order valence-corrected chi connectivity index (χ0v) is 19.5. The molecule has 2 heterocycles. The lowest BCUT2D eigenvalue weighted by Gasteiger charge is -2.33. The average Bonchev–Trinajstić information content (AvgIpc) is 3.22. The van der Waals surface area contributed by atoms with Gasteiger partial charge in [0.2, 0.25) is 5.91 Å². The van der Waals surface area contributed by atoms with Crippen molar-refractivity contribution in [2.24, 2.45) is 23.5 Å². The summed E-state index contributed by atoms with van der Waals surface area (Å²) in [6, 6.07) is 26.9. The Labute approximate surface area is 201 Å². The van der Waals surface area contributed by atoms with Crippen LogP contribution in [-0.2, 0) is 23.1 Å². The van der Waals surface area contributed by atoms with Crippen LogP contribution in [0.1, 0.15) is 28.7 Å². The molecular weight excluding hydrogens is 420 g/mol. The quantitative estimate of drug-likeness (QED) is 0.557. The van der Waals surface area contributed by atoms with Crippen LogP contribution in [0.25, 0.3) is 0 Å². The van der Waals surface area contributed by atoms with Gasteiger partial charge in [-0.05, 0) is 58.9 Å². The van der Waals surface area contributed by atoms with E-state index in [-0.39, 0.29) is 5.91 Å². The van der Waals surface area contributed by atoms with Gasteiger partial charge in [-0.1, -0.05) is 72.8 Å². The van der Waals surface area contributed by atoms with Crippen molar-refractivity contribution < 1.29 is 9.53 Å². The van der Waals surface area contributed by atoms with Crippen LogP contribution in [0.5, 0.6) is 5.75 Å². The number of ether oxygens (including phenoxy) is 1. The van der Waals surface area contributed by atoms with Crippen LogP contribution in [0.4, 0.5) is 0 Å². The molecule has 2 fully saturated rings. The van der Waals surface area contributed by atoms with Gasteiger partial charge >= 0.3 is 0 Å². The molecule has 2 unspecified atom stereocenters. The van der Waals surface area contributed by atoms with E-state index in [4.69, 9.17) is 10.5 Å². The molecule has 0 bridgehead atoms. The molecule has 1 amide bonds. The molecule has 2 atom stereocenters. The number of nitrogens with two attached hydrogens (primary N) is 1. The molecule has 4 nitrogen and oxygen atoms in total. The number of hydrogen-bond donors (Lipinski definition) is 1. The number of fused-ring (bicyclic) bond motifs is 2. The van der Waals surface area contributed by atoms with Gasteiger partial charge in [-0.25, -0.2) is 0 Å². The number of benzene rings is 3. The molecular formula is C30H32N2O2. The summed E-state index contributed by atoms with van der Waals surface area (Å²) in [6.07, 6.45) is 2.91. The summed E-state index contributed by atoms with van der Waals surface area (Å²) in [7, 11) is 0. The van der Waals surface area contributed by atoms with Crippen molar-refractivity contribution in [3.63, 3.8) is 0 Å². The van der Waals surface area contributed by atoms with Crippen LogP contribution in [0.15, 0.2) is 78.9 Å². The summed E-state index contributed by atoms with van der Waals surface area (Å²) in [5.41, 5.74) is 10.2. The van der Waals surface area contributed by atoms with Crippen LogP contribution in [-0.4, -0.2) is 37.0 Å². The molecule has 6 rings (SSSR count). The third kappa shape index (κ3) is 3.70. The number of carbonyl (C=O) groups is 1. The smallest absolute Gasteiger partial charge is 0.232 e. The fourth-order valence-corrected chi connectivity index (χ4v) is 6.49. The van der Waals surface area contributed by atoms with Crippen LogP contribution in [0.2, 0.25) is 0 Å². The van der Waals surface area contributed by atoms with Crippen molar-refractivity contribution in [3.8, 4) is 5.75 Å². The number of rotatable bonds is 8. The van der Waals surface area contributed by atoms with Gasteiger partial charge in [-0.2, -0.15) is 0 Å². The highest BCUT2D eigenvalue weighted by molar-refractivity contribution is 5.91. The molecule has 1 saturated carbocycles.